The van der Waals surface area contributed by atoms with Gasteiger partial charge in [-0.15, -0.1) is 6.42 Å². The Bertz CT molecular complexity index is 603. The van der Waals surface area contributed by atoms with Gasteiger partial charge in [0.15, 0.2) is 0 Å². The number of rotatable bonds is 7. The number of carbonyl (C=O) groups excluding carboxylic acids is 1. The molecule has 4 nitrogen and oxygen atoms in total. The molecule has 0 spiro atoms. The van der Waals surface area contributed by atoms with Gasteiger partial charge in [-0.05, 0) is 63.5 Å². The molecular formula is C22H32N2O2. The second kappa shape index (κ2) is 9.75. The van der Waals surface area contributed by atoms with Crippen LogP contribution in [0.1, 0.15) is 63.5 Å². The Hall–Kier alpha value is -1.83. The minimum atomic E-state index is -0.435. The monoisotopic (exact) mass is 356 g/mol. The summed E-state index contributed by atoms with van der Waals surface area (Å²) in [4.78, 5) is 11.7. The van der Waals surface area contributed by atoms with Crippen molar-refractivity contribution in [2.75, 3.05) is 13.1 Å². The number of nitrogens with one attached hydrogen (secondary N) is 2. The summed E-state index contributed by atoms with van der Waals surface area (Å²) >= 11 is 0. The Labute approximate surface area is 158 Å². The van der Waals surface area contributed by atoms with Gasteiger partial charge in [0, 0.05) is 12.6 Å². The van der Waals surface area contributed by atoms with Crippen LogP contribution >= 0.6 is 0 Å². The van der Waals surface area contributed by atoms with Crippen LogP contribution in [0.3, 0.4) is 0 Å². The Balaban J connectivity index is 1.73. The first kappa shape index (κ1) is 20.5. The van der Waals surface area contributed by atoms with Gasteiger partial charge in [-0.2, -0.15) is 0 Å². The van der Waals surface area contributed by atoms with Gasteiger partial charge in [0.25, 0.3) is 0 Å². The SMILES string of the molecule is C#CCNC1CCC(c2ccc(CNCC(=O)OC(C)(C)C)cc2)CC1. The van der Waals surface area contributed by atoms with E-state index in [1.807, 2.05) is 20.8 Å². The lowest BCUT2D eigenvalue weighted by molar-refractivity contribution is -0.153. The van der Waals surface area contributed by atoms with Gasteiger partial charge in [-0.3, -0.25) is 4.79 Å². The first-order valence-corrected chi connectivity index (χ1v) is 9.55. The standard InChI is InChI=1S/C22H32N2O2/c1-5-14-24-20-12-10-19(11-13-20)18-8-6-17(7-9-18)15-23-16-21(25)26-22(2,3)4/h1,6-9,19-20,23-24H,10-16H2,2-4H3. The maximum Gasteiger partial charge on any atom is 0.320 e. The molecular weight excluding hydrogens is 324 g/mol. The number of ether oxygens (including phenoxy) is 1. The molecule has 2 rings (SSSR count). The topological polar surface area (TPSA) is 50.4 Å². The molecule has 0 amide bonds. The first-order chi connectivity index (χ1) is 12.4. The van der Waals surface area contributed by atoms with E-state index in [2.05, 4.69) is 40.8 Å². The summed E-state index contributed by atoms with van der Waals surface area (Å²) in [5, 5.41) is 6.57. The van der Waals surface area contributed by atoms with Gasteiger partial charge in [0.2, 0.25) is 0 Å². The molecule has 0 aliphatic heterocycles. The number of esters is 1. The summed E-state index contributed by atoms with van der Waals surface area (Å²) in [7, 11) is 0. The quantitative estimate of drug-likeness (QED) is 0.581. The molecule has 0 bridgehead atoms. The van der Waals surface area contributed by atoms with Crippen molar-refractivity contribution in [1.29, 1.82) is 0 Å². The molecule has 4 heteroatoms. The lowest BCUT2D eigenvalue weighted by Gasteiger charge is -2.29. The Kier molecular flexibility index (Phi) is 7.68. The van der Waals surface area contributed by atoms with E-state index < -0.39 is 5.60 Å². The molecule has 2 N–H and O–H groups in total. The lowest BCUT2D eigenvalue weighted by atomic mass is 9.81. The molecule has 1 aliphatic carbocycles. The van der Waals surface area contributed by atoms with Crippen molar-refractivity contribution in [2.45, 2.75) is 70.6 Å². The van der Waals surface area contributed by atoms with Gasteiger partial charge in [0.05, 0.1) is 13.1 Å². The zero-order valence-electron chi connectivity index (χ0n) is 16.3. The highest BCUT2D eigenvalue weighted by atomic mass is 16.6. The van der Waals surface area contributed by atoms with Crippen molar-refractivity contribution in [2.24, 2.45) is 0 Å². The summed E-state index contributed by atoms with van der Waals surface area (Å²) in [6.45, 7) is 7.20. The van der Waals surface area contributed by atoms with Crippen LogP contribution in [0.15, 0.2) is 24.3 Å². The van der Waals surface area contributed by atoms with Gasteiger partial charge in [-0.1, -0.05) is 30.2 Å². The largest absolute Gasteiger partial charge is 0.459 e. The Morgan fingerprint density at radius 2 is 1.85 bits per heavy atom. The molecule has 0 unspecified atom stereocenters. The zero-order valence-corrected chi connectivity index (χ0v) is 16.3. The van der Waals surface area contributed by atoms with Gasteiger partial charge in [0.1, 0.15) is 5.60 Å². The van der Waals surface area contributed by atoms with E-state index in [0.717, 1.165) is 0 Å². The lowest BCUT2D eigenvalue weighted by Crippen LogP contribution is -2.32. The molecule has 142 valence electrons. The van der Waals surface area contributed by atoms with Gasteiger partial charge in [-0.25, -0.2) is 0 Å². The normalized spacial score (nSPS) is 20.4. The highest BCUT2D eigenvalue weighted by Crippen LogP contribution is 2.32. The van der Waals surface area contributed by atoms with Gasteiger partial charge < -0.3 is 15.4 Å². The minimum absolute atomic E-state index is 0.218. The van der Waals surface area contributed by atoms with E-state index in [4.69, 9.17) is 11.2 Å². The van der Waals surface area contributed by atoms with E-state index in [9.17, 15) is 4.79 Å². The maximum absolute atomic E-state index is 11.7. The fourth-order valence-corrected chi connectivity index (χ4v) is 3.43. The van der Waals surface area contributed by atoms with E-state index in [1.165, 1.54) is 36.8 Å². The third-order valence-corrected chi connectivity index (χ3v) is 4.69. The molecule has 0 aromatic heterocycles. The molecule has 0 heterocycles. The van der Waals surface area contributed by atoms with Crippen molar-refractivity contribution < 1.29 is 9.53 Å². The predicted octanol–water partition coefficient (Wildman–Crippen LogP) is 3.37. The van der Waals surface area contributed by atoms with Crippen LogP contribution in [0.5, 0.6) is 0 Å². The van der Waals surface area contributed by atoms with Crippen LogP contribution in [-0.2, 0) is 16.1 Å². The van der Waals surface area contributed by atoms with Crippen LogP contribution in [-0.4, -0.2) is 30.7 Å². The molecule has 1 saturated carbocycles. The minimum Gasteiger partial charge on any atom is -0.459 e. The predicted molar refractivity (Wildman–Crippen MR) is 106 cm³/mol. The second-order valence-corrected chi connectivity index (χ2v) is 8.07. The van der Waals surface area contributed by atoms with Crippen LogP contribution in [0, 0.1) is 12.3 Å². The second-order valence-electron chi connectivity index (χ2n) is 8.07. The number of carbonyl (C=O) groups is 1. The maximum atomic E-state index is 11.7. The third-order valence-electron chi connectivity index (χ3n) is 4.69. The summed E-state index contributed by atoms with van der Waals surface area (Å²) in [5.74, 6) is 3.08. The number of benzene rings is 1. The summed E-state index contributed by atoms with van der Waals surface area (Å²) in [5.41, 5.74) is 2.16. The van der Waals surface area contributed by atoms with Crippen molar-refractivity contribution in [3.8, 4) is 12.3 Å². The van der Waals surface area contributed by atoms with Crippen molar-refractivity contribution in [1.82, 2.24) is 10.6 Å². The smallest absolute Gasteiger partial charge is 0.320 e. The fourth-order valence-electron chi connectivity index (χ4n) is 3.43. The van der Waals surface area contributed by atoms with Crippen LogP contribution in [0.4, 0.5) is 0 Å². The van der Waals surface area contributed by atoms with E-state index in [-0.39, 0.29) is 12.5 Å². The zero-order chi connectivity index (χ0) is 19.0. The molecule has 0 saturated heterocycles. The summed E-state index contributed by atoms with van der Waals surface area (Å²) in [6, 6.07) is 9.33. The van der Waals surface area contributed by atoms with E-state index in [1.54, 1.807) is 0 Å². The highest BCUT2D eigenvalue weighted by Gasteiger charge is 2.21. The Morgan fingerprint density at radius 1 is 1.19 bits per heavy atom. The van der Waals surface area contributed by atoms with E-state index in [0.29, 0.717) is 25.0 Å². The fraction of sp³-hybridized carbons (Fsp3) is 0.591. The van der Waals surface area contributed by atoms with Gasteiger partial charge >= 0.3 is 5.97 Å². The summed E-state index contributed by atoms with van der Waals surface area (Å²) in [6.07, 6.45) is 10.1. The highest BCUT2D eigenvalue weighted by molar-refractivity contribution is 5.72. The number of terminal acetylenes is 1. The van der Waals surface area contributed by atoms with Crippen molar-refractivity contribution in [3.63, 3.8) is 0 Å². The average molecular weight is 357 g/mol. The number of hydrogen-bond donors (Lipinski definition) is 2. The molecule has 0 radical (unpaired) electrons. The summed E-state index contributed by atoms with van der Waals surface area (Å²) < 4.78 is 5.29. The van der Waals surface area contributed by atoms with Crippen LogP contribution in [0.25, 0.3) is 0 Å². The molecule has 26 heavy (non-hydrogen) atoms. The average Bonchev–Trinajstić information content (AvgIpc) is 2.59. The van der Waals surface area contributed by atoms with Crippen LogP contribution in [0.2, 0.25) is 0 Å². The molecule has 1 aromatic carbocycles. The first-order valence-electron chi connectivity index (χ1n) is 9.55. The molecule has 1 fully saturated rings. The van der Waals surface area contributed by atoms with Crippen molar-refractivity contribution in [3.05, 3.63) is 35.4 Å². The van der Waals surface area contributed by atoms with E-state index >= 15 is 0 Å². The molecule has 1 aromatic rings. The Morgan fingerprint density at radius 3 is 2.42 bits per heavy atom. The molecule has 1 aliphatic rings. The van der Waals surface area contributed by atoms with Crippen molar-refractivity contribution >= 4 is 5.97 Å². The number of hydrogen-bond acceptors (Lipinski definition) is 4. The third kappa shape index (κ3) is 7.19. The van der Waals surface area contributed by atoms with Crippen LogP contribution < -0.4 is 10.6 Å². The molecule has 0 atom stereocenters.